The van der Waals surface area contributed by atoms with Gasteiger partial charge in [0.25, 0.3) is 0 Å². The molecular weight excluding hydrogens is 306 g/mol. The number of anilines is 1. The maximum atomic E-state index is 4.55. The minimum atomic E-state index is 0.279. The van der Waals surface area contributed by atoms with E-state index in [0.717, 1.165) is 34.9 Å². The van der Waals surface area contributed by atoms with Crippen LogP contribution >= 0.6 is 15.9 Å². The highest BCUT2D eigenvalue weighted by atomic mass is 79.9. The van der Waals surface area contributed by atoms with E-state index in [-0.39, 0.29) is 5.92 Å². The first-order chi connectivity index (χ1) is 9.10. The molecule has 0 aliphatic rings. The van der Waals surface area contributed by atoms with Crippen LogP contribution in [0.25, 0.3) is 5.82 Å². The number of halogens is 1. The van der Waals surface area contributed by atoms with Crippen molar-refractivity contribution in [3.05, 3.63) is 28.8 Å². The lowest BCUT2D eigenvalue weighted by Crippen LogP contribution is -2.09. The van der Waals surface area contributed by atoms with E-state index in [4.69, 9.17) is 0 Å². The molecule has 0 aliphatic heterocycles. The van der Waals surface area contributed by atoms with Crippen molar-refractivity contribution in [1.82, 2.24) is 19.7 Å². The lowest BCUT2D eigenvalue weighted by Gasteiger charge is -2.11. The second kappa shape index (κ2) is 6.14. The van der Waals surface area contributed by atoms with Crippen LogP contribution in [-0.2, 0) is 0 Å². The maximum absolute atomic E-state index is 4.55. The summed E-state index contributed by atoms with van der Waals surface area (Å²) in [6.07, 6.45) is 4.69. The molecule has 6 heteroatoms. The molecule has 0 amide bonds. The summed E-state index contributed by atoms with van der Waals surface area (Å²) in [5.74, 6) is 2.73. The van der Waals surface area contributed by atoms with Crippen molar-refractivity contribution >= 4 is 21.7 Å². The van der Waals surface area contributed by atoms with E-state index in [0.29, 0.717) is 0 Å². The molecule has 2 rings (SSSR count). The van der Waals surface area contributed by atoms with E-state index in [1.807, 2.05) is 12.3 Å². The quantitative estimate of drug-likeness (QED) is 0.916. The van der Waals surface area contributed by atoms with Crippen molar-refractivity contribution < 1.29 is 0 Å². The van der Waals surface area contributed by atoms with Gasteiger partial charge in [0.1, 0.15) is 11.6 Å². The number of rotatable bonds is 5. The molecule has 1 N–H and O–H groups in total. The lowest BCUT2D eigenvalue weighted by molar-refractivity contribution is 0.745. The molecule has 0 atom stereocenters. The molecule has 0 radical (unpaired) electrons. The summed E-state index contributed by atoms with van der Waals surface area (Å²) in [7, 11) is 0. The topological polar surface area (TPSA) is 55.6 Å². The Morgan fingerprint density at radius 1 is 1.37 bits per heavy atom. The average molecular weight is 324 g/mol. The number of nitrogens with zero attached hydrogens (tertiary/aromatic N) is 4. The zero-order valence-electron chi connectivity index (χ0n) is 11.4. The van der Waals surface area contributed by atoms with Gasteiger partial charge in [-0.2, -0.15) is 5.10 Å². The Morgan fingerprint density at radius 2 is 2.16 bits per heavy atom. The Hall–Kier alpha value is -1.43. The minimum Gasteiger partial charge on any atom is -0.370 e. The molecule has 5 nitrogen and oxygen atoms in total. The minimum absolute atomic E-state index is 0.279. The van der Waals surface area contributed by atoms with E-state index in [9.17, 15) is 0 Å². The molecule has 0 aromatic carbocycles. The van der Waals surface area contributed by atoms with Crippen molar-refractivity contribution in [2.24, 2.45) is 0 Å². The molecule has 102 valence electrons. The molecule has 0 saturated carbocycles. The van der Waals surface area contributed by atoms with Crippen LogP contribution in [0.15, 0.2) is 22.9 Å². The van der Waals surface area contributed by atoms with Gasteiger partial charge in [-0.05, 0) is 22.4 Å². The molecule has 0 saturated heterocycles. The van der Waals surface area contributed by atoms with E-state index in [1.54, 1.807) is 10.9 Å². The first kappa shape index (κ1) is 14.0. The summed E-state index contributed by atoms with van der Waals surface area (Å²) >= 11 is 3.39. The molecule has 2 aromatic heterocycles. The van der Waals surface area contributed by atoms with Crippen LogP contribution in [0.2, 0.25) is 0 Å². The molecule has 0 fully saturated rings. The van der Waals surface area contributed by atoms with Gasteiger partial charge in [-0.25, -0.2) is 14.6 Å². The van der Waals surface area contributed by atoms with Crippen LogP contribution in [0.3, 0.4) is 0 Å². The van der Waals surface area contributed by atoms with Crippen LogP contribution < -0.4 is 5.32 Å². The number of nitrogens with one attached hydrogen (secondary N) is 1. The second-order valence-corrected chi connectivity index (χ2v) is 5.57. The summed E-state index contributed by atoms with van der Waals surface area (Å²) in [6.45, 7) is 7.20. The van der Waals surface area contributed by atoms with Crippen molar-refractivity contribution in [1.29, 1.82) is 0 Å². The first-order valence-corrected chi connectivity index (χ1v) is 7.23. The van der Waals surface area contributed by atoms with Crippen LogP contribution in [0.1, 0.15) is 38.9 Å². The molecule has 0 spiro atoms. The van der Waals surface area contributed by atoms with E-state index in [1.165, 1.54) is 0 Å². The van der Waals surface area contributed by atoms with Gasteiger partial charge in [-0.3, -0.25) is 0 Å². The van der Waals surface area contributed by atoms with E-state index < -0.39 is 0 Å². The van der Waals surface area contributed by atoms with Crippen LogP contribution in [0.4, 0.5) is 5.82 Å². The number of aromatic nitrogens is 4. The fraction of sp³-hybridized carbons (Fsp3) is 0.462. The van der Waals surface area contributed by atoms with Gasteiger partial charge in [0, 0.05) is 24.7 Å². The van der Waals surface area contributed by atoms with Gasteiger partial charge in [-0.1, -0.05) is 20.8 Å². The summed E-state index contributed by atoms with van der Waals surface area (Å²) in [5, 5.41) is 7.56. The average Bonchev–Trinajstić information content (AvgIpc) is 2.82. The Balaban J connectivity index is 2.39. The highest BCUT2D eigenvalue weighted by Gasteiger charge is 2.10. The largest absolute Gasteiger partial charge is 0.370 e. The van der Waals surface area contributed by atoms with Gasteiger partial charge < -0.3 is 5.32 Å². The maximum Gasteiger partial charge on any atom is 0.159 e. The fourth-order valence-corrected chi connectivity index (χ4v) is 1.88. The van der Waals surface area contributed by atoms with Crippen molar-refractivity contribution in [3.8, 4) is 5.82 Å². The normalized spacial score (nSPS) is 11.0. The van der Waals surface area contributed by atoms with Crippen molar-refractivity contribution in [3.63, 3.8) is 0 Å². The Labute approximate surface area is 121 Å². The van der Waals surface area contributed by atoms with Crippen LogP contribution in [0, 0.1) is 0 Å². The molecule has 0 aliphatic carbocycles. The third kappa shape index (κ3) is 3.53. The fourth-order valence-electron chi connectivity index (χ4n) is 1.60. The van der Waals surface area contributed by atoms with Crippen molar-refractivity contribution in [2.45, 2.75) is 33.1 Å². The van der Waals surface area contributed by atoms with E-state index >= 15 is 0 Å². The monoisotopic (exact) mass is 323 g/mol. The highest BCUT2D eigenvalue weighted by Crippen LogP contribution is 2.17. The van der Waals surface area contributed by atoms with Gasteiger partial charge in [0.05, 0.1) is 10.7 Å². The standard InChI is InChI=1S/C13H18BrN5/c1-4-5-15-11-6-12(18-13(17-11)9(2)3)19-8-10(14)7-16-19/h6-9H,4-5H2,1-3H3,(H,15,17,18). The van der Waals surface area contributed by atoms with Gasteiger partial charge in [-0.15, -0.1) is 0 Å². The highest BCUT2D eigenvalue weighted by molar-refractivity contribution is 9.10. The predicted molar refractivity (Wildman–Crippen MR) is 79.7 cm³/mol. The van der Waals surface area contributed by atoms with E-state index in [2.05, 4.69) is 57.1 Å². The van der Waals surface area contributed by atoms with Crippen molar-refractivity contribution in [2.75, 3.05) is 11.9 Å². The summed E-state index contributed by atoms with van der Waals surface area (Å²) in [4.78, 5) is 9.08. The molecule has 0 bridgehead atoms. The third-order valence-electron chi connectivity index (χ3n) is 2.59. The molecule has 0 unspecified atom stereocenters. The van der Waals surface area contributed by atoms with Crippen LogP contribution in [0.5, 0.6) is 0 Å². The molecule has 2 heterocycles. The molecule has 19 heavy (non-hydrogen) atoms. The Morgan fingerprint density at radius 3 is 2.74 bits per heavy atom. The predicted octanol–water partition coefficient (Wildman–Crippen LogP) is 3.37. The zero-order chi connectivity index (χ0) is 13.8. The summed E-state index contributed by atoms with van der Waals surface area (Å²) in [5.41, 5.74) is 0. The van der Waals surface area contributed by atoms with Gasteiger partial charge in [0.2, 0.25) is 0 Å². The molecule has 2 aromatic rings. The zero-order valence-corrected chi connectivity index (χ0v) is 13.0. The Bertz CT molecular complexity index is 550. The lowest BCUT2D eigenvalue weighted by atomic mass is 10.2. The second-order valence-electron chi connectivity index (χ2n) is 4.65. The summed E-state index contributed by atoms with van der Waals surface area (Å²) in [6, 6.07) is 1.92. The van der Waals surface area contributed by atoms with Gasteiger partial charge in [0.15, 0.2) is 5.82 Å². The smallest absolute Gasteiger partial charge is 0.159 e. The molecular formula is C13H18BrN5. The van der Waals surface area contributed by atoms with Crippen LogP contribution in [-0.4, -0.2) is 26.3 Å². The summed E-state index contributed by atoms with van der Waals surface area (Å²) < 4.78 is 2.68. The third-order valence-corrected chi connectivity index (χ3v) is 3.00. The number of hydrogen-bond acceptors (Lipinski definition) is 4. The van der Waals surface area contributed by atoms with Gasteiger partial charge >= 0.3 is 0 Å². The Kier molecular flexibility index (Phi) is 4.52. The number of hydrogen-bond donors (Lipinski definition) is 1. The first-order valence-electron chi connectivity index (χ1n) is 6.43. The SMILES string of the molecule is CCCNc1cc(-n2cc(Br)cn2)nc(C(C)C)n1.